The second-order valence-corrected chi connectivity index (χ2v) is 3.33. The zero-order valence-corrected chi connectivity index (χ0v) is 8.21. The lowest BCUT2D eigenvalue weighted by molar-refractivity contribution is -0.137. The first-order valence-electron chi connectivity index (χ1n) is 4.52. The fraction of sp³-hybridized carbons (Fsp3) is 0.300. The van der Waals surface area contributed by atoms with E-state index in [1.807, 2.05) is 0 Å². The van der Waals surface area contributed by atoms with Crippen molar-refractivity contribution in [2.24, 2.45) is 5.73 Å². The first-order valence-corrected chi connectivity index (χ1v) is 4.52. The normalized spacial score (nSPS) is 12.5. The lowest BCUT2D eigenvalue weighted by Gasteiger charge is -2.13. The number of hydrogen-bond donors (Lipinski definition) is 2. The lowest BCUT2D eigenvalue weighted by atomic mass is 9.95. The molecule has 0 aliphatic heterocycles. The van der Waals surface area contributed by atoms with Crippen LogP contribution in [0.15, 0.2) is 12.1 Å². The van der Waals surface area contributed by atoms with E-state index in [1.165, 1.54) is 0 Å². The summed E-state index contributed by atoms with van der Waals surface area (Å²) in [5.74, 6) is -6.14. The Hall–Kier alpha value is -1.56. The van der Waals surface area contributed by atoms with Crippen LogP contribution in [0.25, 0.3) is 0 Å². The maximum absolute atomic E-state index is 12.9. The summed E-state index contributed by atoms with van der Waals surface area (Å²) in [7, 11) is 0. The van der Waals surface area contributed by atoms with Gasteiger partial charge in [-0.05, 0) is 24.2 Å². The van der Waals surface area contributed by atoms with Gasteiger partial charge in [0.15, 0.2) is 17.5 Å². The molecule has 0 heterocycles. The van der Waals surface area contributed by atoms with Gasteiger partial charge < -0.3 is 10.8 Å². The number of carboxylic acids is 1. The summed E-state index contributed by atoms with van der Waals surface area (Å²) in [6, 6.07) is 1.53. The van der Waals surface area contributed by atoms with Crippen molar-refractivity contribution in [3.8, 4) is 0 Å². The first kappa shape index (κ1) is 12.5. The van der Waals surface area contributed by atoms with Gasteiger partial charge in [0.05, 0.1) is 6.42 Å². The van der Waals surface area contributed by atoms with E-state index >= 15 is 0 Å². The van der Waals surface area contributed by atoms with Gasteiger partial charge in [0.2, 0.25) is 0 Å². The van der Waals surface area contributed by atoms with Crippen molar-refractivity contribution in [3.63, 3.8) is 0 Å². The summed E-state index contributed by atoms with van der Waals surface area (Å²) in [5.41, 5.74) is 5.33. The highest BCUT2D eigenvalue weighted by Crippen LogP contribution is 2.22. The zero-order valence-electron chi connectivity index (χ0n) is 8.21. The van der Waals surface area contributed by atoms with E-state index in [9.17, 15) is 18.0 Å². The Kier molecular flexibility index (Phi) is 3.89. The summed E-state index contributed by atoms with van der Waals surface area (Å²) >= 11 is 0. The van der Waals surface area contributed by atoms with E-state index in [1.54, 1.807) is 0 Å². The summed E-state index contributed by atoms with van der Waals surface area (Å²) in [6.45, 7) is -0.0865. The number of carbonyl (C=O) groups is 1. The third-order valence-corrected chi connectivity index (χ3v) is 2.18. The van der Waals surface area contributed by atoms with Crippen LogP contribution < -0.4 is 5.73 Å². The Labute approximate surface area is 89.7 Å². The van der Waals surface area contributed by atoms with Crippen LogP contribution in [0.3, 0.4) is 0 Å². The largest absolute Gasteiger partial charge is 0.481 e. The van der Waals surface area contributed by atoms with Crippen LogP contribution in [0, 0.1) is 17.5 Å². The van der Waals surface area contributed by atoms with Gasteiger partial charge in [-0.3, -0.25) is 4.79 Å². The second-order valence-electron chi connectivity index (χ2n) is 3.33. The number of carboxylic acid groups (broad SMARTS) is 1. The topological polar surface area (TPSA) is 63.3 Å². The minimum absolute atomic E-state index is 0.0429. The summed E-state index contributed by atoms with van der Waals surface area (Å²) in [4.78, 5) is 10.5. The molecular weight excluding hydrogens is 223 g/mol. The van der Waals surface area contributed by atoms with Crippen LogP contribution in [-0.4, -0.2) is 17.6 Å². The van der Waals surface area contributed by atoms with Crippen molar-refractivity contribution in [2.75, 3.05) is 6.54 Å². The molecular formula is C10H10F3NO2. The number of nitrogens with two attached hydrogens (primary N) is 1. The number of rotatable bonds is 4. The zero-order chi connectivity index (χ0) is 12.3. The van der Waals surface area contributed by atoms with E-state index in [-0.39, 0.29) is 18.5 Å². The molecule has 3 nitrogen and oxygen atoms in total. The molecule has 1 aromatic rings. The molecule has 0 fully saturated rings. The van der Waals surface area contributed by atoms with Crippen molar-refractivity contribution in [1.29, 1.82) is 0 Å². The molecule has 1 unspecified atom stereocenters. The van der Waals surface area contributed by atoms with Crippen molar-refractivity contribution in [1.82, 2.24) is 0 Å². The first-order chi connectivity index (χ1) is 7.45. The molecule has 0 saturated heterocycles. The highest BCUT2D eigenvalue weighted by Gasteiger charge is 2.18. The van der Waals surface area contributed by atoms with Crippen LogP contribution in [-0.2, 0) is 4.79 Å². The van der Waals surface area contributed by atoms with E-state index in [4.69, 9.17) is 10.8 Å². The number of aliphatic carboxylic acids is 1. The fourth-order valence-corrected chi connectivity index (χ4v) is 1.36. The maximum atomic E-state index is 12.9. The number of benzene rings is 1. The minimum atomic E-state index is -1.57. The Morgan fingerprint density at radius 1 is 1.31 bits per heavy atom. The molecule has 1 atom stereocenters. The maximum Gasteiger partial charge on any atom is 0.304 e. The van der Waals surface area contributed by atoms with Gasteiger partial charge in [0.1, 0.15) is 0 Å². The second kappa shape index (κ2) is 4.98. The third-order valence-electron chi connectivity index (χ3n) is 2.18. The van der Waals surface area contributed by atoms with Crippen molar-refractivity contribution >= 4 is 5.97 Å². The Bertz CT molecular complexity index is 386. The van der Waals surface area contributed by atoms with Crippen LogP contribution in [0.4, 0.5) is 13.2 Å². The third kappa shape index (κ3) is 2.73. The van der Waals surface area contributed by atoms with E-state index in [0.29, 0.717) is 0 Å². The average Bonchev–Trinajstić information content (AvgIpc) is 2.21. The van der Waals surface area contributed by atoms with Gasteiger partial charge in [-0.15, -0.1) is 0 Å². The fourth-order valence-electron chi connectivity index (χ4n) is 1.36. The van der Waals surface area contributed by atoms with Crippen molar-refractivity contribution in [3.05, 3.63) is 35.1 Å². The van der Waals surface area contributed by atoms with Crippen LogP contribution in [0.1, 0.15) is 17.9 Å². The summed E-state index contributed by atoms with van der Waals surface area (Å²) < 4.78 is 38.4. The minimum Gasteiger partial charge on any atom is -0.481 e. The standard InChI is InChI=1S/C10H10F3NO2/c11-7-1-5(2-8(12)10(7)13)6(4-14)3-9(15)16/h1-2,6H,3-4,14H2,(H,15,16). The molecule has 0 bridgehead atoms. The molecule has 1 rings (SSSR count). The van der Waals surface area contributed by atoms with Gasteiger partial charge in [0.25, 0.3) is 0 Å². The quantitative estimate of drug-likeness (QED) is 0.777. The van der Waals surface area contributed by atoms with Gasteiger partial charge in [-0.1, -0.05) is 0 Å². The van der Waals surface area contributed by atoms with Crippen molar-refractivity contribution in [2.45, 2.75) is 12.3 Å². The molecule has 0 spiro atoms. The lowest BCUT2D eigenvalue weighted by Crippen LogP contribution is -2.17. The van der Waals surface area contributed by atoms with E-state index in [2.05, 4.69) is 0 Å². The summed E-state index contributed by atoms with van der Waals surface area (Å²) in [6.07, 6.45) is -0.360. The molecule has 0 aliphatic rings. The molecule has 0 saturated carbocycles. The van der Waals surface area contributed by atoms with Crippen molar-refractivity contribution < 1.29 is 23.1 Å². The molecule has 0 aliphatic carbocycles. The number of halogens is 3. The monoisotopic (exact) mass is 233 g/mol. The highest BCUT2D eigenvalue weighted by atomic mass is 19.2. The molecule has 88 valence electrons. The molecule has 3 N–H and O–H groups in total. The highest BCUT2D eigenvalue weighted by molar-refractivity contribution is 5.68. The van der Waals surface area contributed by atoms with Gasteiger partial charge in [-0.2, -0.15) is 0 Å². The molecule has 0 amide bonds. The van der Waals surface area contributed by atoms with E-state index in [0.717, 1.165) is 12.1 Å². The van der Waals surface area contributed by atoms with Gasteiger partial charge >= 0.3 is 5.97 Å². The Morgan fingerprint density at radius 2 is 1.81 bits per heavy atom. The van der Waals surface area contributed by atoms with Gasteiger partial charge in [0, 0.05) is 5.92 Å². The smallest absolute Gasteiger partial charge is 0.304 e. The Balaban J connectivity index is 3.06. The Morgan fingerprint density at radius 3 is 2.19 bits per heavy atom. The number of hydrogen-bond acceptors (Lipinski definition) is 2. The predicted molar refractivity (Wildman–Crippen MR) is 50.4 cm³/mol. The molecule has 1 aromatic carbocycles. The summed E-state index contributed by atoms with van der Waals surface area (Å²) in [5, 5.41) is 8.55. The SMILES string of the molecule is NCC(CC(=O)O)c1cc(F)c(F)c(F)c1. The van der Waals surface area contributed by atoms with Crippen LogP contribution in [0.5, 0.6) is 0 Å². The molecule has 0 radical (unpaired) electrons. The molecule has 16 heavy (non-hydrogen) atoms. The van der Waals surface area contributed by atoms with Crippen LogP contribution >= 0.6 is 0 Å². The average molecular weight is 233 g/mol. The predicted octanol–water partition coefficient (Wildman–Crippen LogP) is 1.62. The van der Waals surface area contributed by atoms with E-state index < -0.39 is 29.3 Å². The molecule has 0 aromatic heterocycles. The van der Waals surface area contributed by atoms with Crippen LogP contribution in [0.2, 0.25) is 0 Å². The molecule has 6 heteroatoms. The van der Waals surface area contributed by atoms with Gasteiger partial charge in [-0.25, -0.2) is 13.2 Å².